The molecular weight excluding hydrogens is 288 g/mol. The van der Waals surface area contributed by atoms with E-state index in [0.29, 0.717) is 0 Å². The minimum Gasteiger partial charge on any atom is -0.377 e. The molecule has 2 aromatic rings. The largest absolute Gasteiger partial charge is 0.377 e. The summed E-state index contributed by atoms with van der Waals surface area (Å²) in [5, 5.41) is 3.44. The zero-order chi connectivity index (χ0) is 13.0. The molecule has 1 atom stereocenters. The Hall–Kier alpha value is -1.35. The summed E-state index contributed by atoms with van der Waals surface area (Å²) in [6.45, 7) is 4.33. The number of aromatic nitrogens is 1. The fourth-order valence-electron chi connectivity index (χ4n) is 1.84. The van der Waals surface area contributed by atoms with Crippen LogP contribution in [0.4, 0.5) is 5.69 Å². The summed E-state index contributed by atoms with van der Waals surface area (Å²) in [4.78, 5) is 4.21. The molecule has 0 aliphatic heterocycles. The average Bonchev–Trinajstić information content (AvgIpc) is 2.41. The molecule has 0 amide bonds. The minimum atomic E-state index is 0.277. The molecular formula is C15H17BrN2. The molecule has 18 heavy (non-hydrogen) atoms. The van der Waals surface area contributed by atoms with E-state index in [9.17, 15) is 0 Å². The SMILES string of the molecule is CCc1ccc(C(C)Nc2ccc(Br)nc2)cc1. The number of aryl methyl sites for hydroxylation is 1. The molecule has 1 aromatic carbocycles. The third kappa shape index (κ3) is 3.33. The van der Waals surface area contributed by atoms with Crippen LogP contribution in [0.1, 0.15) is 31.0 Å². The van der Waals surface area contributed by atoms with Crippen LogP contribution in [0.2, 0.25) is 0 Å². The molecule has 1 heterocycles. The summed E-state index contributed by atoms with van der Waals surface area (Å²) >= 11 is 3.33. The van der Waals surface area contributed by atoms with Gasteiger partial charge in [-0.05, 0) is 52.5 Å². The monoisotopic (exact) mass is 304 g/mol. The van der Waals surface area contributed by atoms with Gasteiger partial charge in [-0.3, -0.25) is 0 Å². The second-order valence-electron chi connectivity index (χ2n) is 4.33. The lowest BCUT2D eigenvalue weighted by Crippen LogP contribution is -2.06. The van der Waals surface area contributed by atoms with Crippen molar-refractivity contribution in [1.82, 2.24) is 4.98 Å². The first-order valence-corrected chi connectivity index (χ1v) is 6.95. The van der Waals surface area contributed by atoms with Crippen molar-refractivity contribution in [2.75, 3.05) is 5.32 Å². The Balaban J connectivity index is 2.06. The van der Waals surface area contributed by atoms with Gasteiger partial charge in [0.25, 0.3) is 0 Å². The Kier molecular flexibility index (Phi) is 4.37. The number of nitrogens with one attached hydrogen (secondary N) is 1. The first kappa shape index (κ1) is 13.1. The van der Waals surface area contributed by atoms with Crippen LogP contribution >= 0.6 is 15.9 Å². The third-order valence-corrected chi connectivity index (χ3v) is 3.47. The summed E-state index contributed by atoms with van der Waals surface area (Å²) in [5.74, 6) is 0. The molecule has 0 fully saturated rings. The molecule has 0 saturated carbocycles. The molecule has 2 nitrogen and oxygen atoms in total. The molecule has 1 unspecified atom stereocenters. The van der Waals surface area contributed by atoms with E-state index < -0.39 is 0 Å². The van der Waals surface area contributed by atoms with E-state index in [0.717, 1.165) is 16.7 Å². The number of pyridine rings is 1. The van der Waals surface area contributed by atoms with Gasteiger partial charge in [-0.1, -0.05) is 31.2 Å². The Bertz CT molecular complexity index is 491. The van der Waals surface area contributed by atoms with E-state index in [2.05, 4.69) is 64.3 Å². The molecule has 3 heteroatoms. The van der Waals surface area contributed by atoms with Crippen LogP contribution in [0.3, 0.4) is 0 Å². The van der Waals surface area contributed by atoms with Gasteiger partial charge in [0.15, 0.2) is 0 Å². The standard InChI is InChI=1S/C15H17BrN2/c1-3-12-4-6-13(7-5-12)11(2)18-14-8-9-15(16)17-10-14/h4-11,18H,3H2,1-2H3. The van der Waals surface area contributed by atoms with Crippen molar-refractivity contribution in [2.45, 2.75) is 26.3 Å². The van der Waals surface area contributed by atoms with Gasteiger partial charge in [0, 0.05) is 6.04 Å². The summed E-state index contributed by atoms with van der Waals surface area (Å²) in [7, 11) is 0. The maximum absolute atomic E-state index is 4.21. The summed E-state index contributed by atoms with van der Waals surface area (Å²) < 4.78 is 0.855. The van der Waals surface area contributed by atoms with Crippen LogP contribution in [0, 0.1) is 0 Å². The molecule has 0 aliphatic carbocycles. The van der Waals surface area contributed by atoms with Crippen LogP contribution in [-0.4, -0.2) is 4.98 Å². The number of nitrogens with zero attached hydrogens (tertiary/aromatic N) is 1. The molecule has 0 bridgehead atoms. The van der Waals surface area contributed by atoms with E-state index in [1.54, 1.807) is 0 Å². The predicted molar refractivity (Wildman–Crippen MR) is 79.8 cm³/mol. The highest BCUT2D eigenvalue weighted by molar-refractivity contribution is 9.10. The van der Waals surface area contributed by atoms with Crippen molar-refractivity contribution < 1.29 is 0 Å². The van der Waals surface area contributed by atoms with E-state index in [-0.39, 0.29) is 6.04 Å². The number of hydrogen-bond donors (Lipinski definition) is 1. The summed E-state index contributed by atoms with van der Waals surface area (Å²) in [5.41, 5.74) is 3.69. The van der Waals surface area contributed by atoms with Gasteiger partial charge >= 0.3 is 0 Å². The zero-order valence-corrected chi connectivity index (χ0v) is 12.2. The van der Waals surface area contributed by atoms with Crippen molar-refractivity contribution in [3.05, 3.63) is 58.3 Å². The predicted octanol–water partition coefficient (Wildman–Crippen LogP) is 4.58. The lowest BCUT2D eigenvalue weighted by molar-refractivity contribution is 0.880. The van der Waals surface area contributed by atoms with Crippen LogP contribution in [0.25, 0.3) is 0 Å². The van der Waals surface area contributed by atoms with Crippen molar-refractivity contribution in [3.8, 4) is 0 Å². The van der Waals surface area contributed by atoms with Gasteiger partial charge in [0.05, 0.1) is 11.9 Å². The van der Waals surface area contributed by atoms with Crippen LogP contribution in [0.5, 0.6) is 0 Å². The molecule has 0 radical (unpaired) electrons. The smallest absolute Gasteiger partial charge is 0.106 e. The van der Waals surface area contributed by atoms with Crippen molar-refractivity contribution >= 4 is 21.6 Å². The quantitative estimate of drug-likeness (QED) is 0.836. The van der Waals surface area contributed by atoms with Gasteiger partial charge < -0.3 is 5.32 Å². The zero-order valence-electron chi connectivity index (χ0n) is 10.7. The maximum Gasteiger partial charge on any atom is 0.106 e. The normalized spacial score (nSPS) is 12.2. The number of anilines is 1. The van der Waals surface area contributed by atoms with E-state index in [4.69, 9.17) is 0 Å². The molecule has 2 rings (SSSR count). The highest BCUT2D eigenvalue weighted by Gasteiger charge is 2.05. The maximum atomic E-state index is 4.21. The summed E-state index contributed by atoms with van der Waals surface area (Å²) in [6, 6.07) is 13.0. The van der Waals surface area contributed by atoms with Gasteiger partial charge in [-0.2, -0.15) is 0 Å². The highest BCUT2D eigenvalue weighted by atomic mass is 79.9. The number of halogens is 1. The number of hydrogen-bond acceptors (Lipinski definition) is 2. The van der Waals surface area contributed by atoms with Crippen LogP contribution in [0.15, 0.2) is 47.2 Å². The van der Waals surface area contributed by atoms with Crippen molar-refractivity contribution in [3.63, 3.8) is 0 Å². The molecule has 0 aliphatic rings. The second-order valence-corrected chi connectivity index (χ2v) is 5.14. The van der Waals surface area contributed by atoms with Crippen molar-refractivity contribution in [1.29, 1.82) is 0 Å². The fourth-order valence-corrected chi connectivity index (χ4v) is 2.07. The number of benzene rings is 1. The molecule has 0 spiro atoms. The van der Waals surface area contributed by atoms with Gasteiger partial charge in [-0.15, -0.1) is 0 Å². The third-order valence-electron chi connectivity index (χ3n) is 3.00. The van der Waals surface area contributed by atoms with E-state index >= 15 is 0 Å². The first-order valence-electron chi connectivity index (χ1n) is 6.16. The van der Waals surface area contributed by atoms with E-state index in [1.165, 1.54) is 11.1 Å². The number of rotatable bonds is 4. The van der Waals surface area contributed by atoms with Gasteiger partial charge in [0.1, 0.15) is 4.60 Å². The molecule has 1 aromatic heterocycles. The van der Waals surface area contributed by atoms with Gasteiger partial charge in [-0.25, -0.2) is 4.98 Å². The van der Waals surface area contributed by atoms with E-state index in [1.807, 2.05) is 18.3 Å². The van der Waals surface area contributed by atoms with Crippen LogP contribution < -0.4 is 5.32 Å². The first-order chi connectivity index (χ1) is 8.69. The highest BCUT2D eigenvalue weighted by Crippen LogP contribution is 2.20. The average molecular weight is 305 g/mol. The lowest BCUT2D eigenvalue weighted by atomic mass is 10.0. The fraction of sp³-hybridized carbons (Fsp3) is 0.267. The topological polar surface area (TPSA) is 24.9 Å². The molecule has 1 N–H and O–H groups in total. The Morgan fingerprint density at radius 3 is 2.44 bits per heavy atom. The lowest BCUT2D eigenvalue weighted by Gasteiger charge is -2.15. The Labute approximate surface area is 117 Å². The Morgan fingerprint density at radius 2 is 1.89 bits per heavy atom. The second kappa shape index (κ2) is 6.01. The summed E-state index contributed by atoms with van der Waals surface area (Å²) in [6.07, 6.45) is 2.92. The molecule has 0 saturated heterocycles. The van der Waals surface area contributed by atoms with Gasteiger partial charge in [0.2, 0.25) is 0 Å². The van der Waals surface area contributed by atoms with Crippen molar-refractivity contribution in [2.24, 2.45) is 0 Å². The molecule has 94 valence electrons. The van der Waals surface area contributed by atoms with Crippen LogP contribution in [-0.2, 0) is 6.42 Å². The Morgan fingerprint density at radius 1 is 1.17 bits per heavy atom. The minimum absolute atomic E-state index is 0.277.